The number of nitrogens with zero attached hydrogens (tertiary/aromatic N) is 14. The smallest absolute Gasteiger partial charge is 0.441 e. The van der Waals surface area contributed by atoms with Crippen LogP contribution in [0.5, 0.6) is 0 Å². The third-order valence-corrected chi connectivity index (χ3v) is 12.4. The summed E-state index contributed by atoms with van der Waals surface area (Å²) >= 11 is 0. The number of halogens is 2. The largest absolute Gasteiger partial charge is 0.481 e. The Bertz CT molecular complexity index is 2920. The number of hydrogen-bond donors (Lipinski definition) is 4. The molecule has 8 aromatic rings. The van der Waals surface area contributed by atoms with E-state index in [1.807, 2.05) is 0 Å². The Labute approximate surface area is 398 Å². The second kappa shape index (κ2) is 21.7. The lowest BCUT2D eigenvalue weighted by Crippen LogP contribution is -2.26. The molecule has 27 nitrogen and oxygen atoms in total. The molecule has 2 aromatic carbocycles. The van der Waals surface area contributed by atoms with E-state index in [9.17, 15) is 28.5 Å². The third kappa shape index (κ3) is 12.8. The van der Waals surface area contributed by atoms with E-state index in [1.54, 1.807) is 75.8 Å². The second-order valence-corrected chi connectivity index (χ2v) is 17.8. The van der Waals surface area contributed by atoms with Crippen molar-refractivity contribution < 1.29 is 60.1 Å². The van der Waals surface area contributed by atoms with Crippen molar-refractivity contribution in [1.29, 1.82) is 0 Å². The van der Waals surface area contributed by atoms with Gasteiger partial charge in [0.25, 0.3) is 0 Å². The highest BCUT2D eigenvalue weighted by atomic mass is 31.3. The number of phosphoric ester groups is 2. The molecule has 2 amide bonds. The number of cyclic esters (lactones) is 2. The fourth-order valence-corrected chi connectivity index (χ4v) is 8.69. The Morgan fingerprint density at radius 2 is 1.11 bits per heavy atom. The van der Waals surface area contributed by atoms with Gasteiger partial charge in [-0.15, -0.1) is 20.4 Å². The normalized spacial score (nSPS) is 17.0. The lowest BCUT2D eigenvalue weighted by atomic mass is 10.1. The van der Waals surface area contributed by atoms with Crippen molar-refractivity contribution in [3.05, 3.63) is 122 Å². The molecular formula is C40H38F2N16O11P2. The molecule has 0 aliphatic carbocycles. The molecule has 10 rings (SSSR count). The molecule has 2 aliphatic rings. The van der Waals surface area contributed by atoms with Crippen LogP contribution in [0.1, 0.15) is 0 Å². The monoisotopic (exact) mass is 1020 g/mol. The average molecular weight is 1020 g/mol. The number of phosphoric acid groups is 2. The summed E-state index contributed by atoms with van der Waals surface area (Å²) in [6.45, 7) is -2.06. The zero-order valence-corrected chi connectivity index (χ0v) is 38.6. The zero-order valence-electron chi connectivity index (χ0n) is 36.9. The summed E-state index contributed by atoms with van der Waals surface area (Å²) in [7, 11) is -7.47. The number of benzene rings is 2. The minimum Gasteiger partial charge on any atom is -0.441 e. The van der Waals surface area contributed by atoms with Gasteiger partial charge < -0.3 is 29.2 Å². The number of carbonyl (C=O) groups excluding carboxylic acids is 2. The standard InChI is InChI=1S/C34H30F2N12O11P2.2C3H4N2/c1-45-41-31(39-43-45)29-9-3-19(13-37-29)25-7-5-21(11-27(25)35)47-15-23(57-33(47)49)17-55-60(51,52)59-61(53,54)56-18-24-16-48(34(50)58-24)22-6-8-26(28(36)12-22)20-4-10-30(38-14-20)32-40-44-46(2)42-32;2*1-2-5-3-4-1/h3-14,23-24H,15-18H2,1-2H3,(H,51,52)(H,53,54);2*1-3H,(H,4,5)/t23-,24-;;/m1../s1. The van der Waals surface area contributed by atoms with E-state index in [0.717, 1.165) is 21.9 Å². The van der Waals surface area contributed by atoms with Gasteiger partial charge in [0, 0.05) is 59.4 Å². The molecule has 2 unspecified atom stereocenters. The molecular weight excluding hydrogens is 980 g/mol. The van der Waals surface area contributed by atoms with Crippen LogP contribution in [0.2, 0.25) is 0 Å². The molecule has 2 saturated heterocycles. The van der Waals surface area contributed by atoms with Gasteiger partial charge in [0.15, 0.2) is 0 Å². The zero-order chi connectivity index (χ0) is 50.1. The van der Waals surface area contributed by atoms with Crippen LogP contribution >= 0.6 is 15.6 Å². The minimum atomic E-state index is -5.34. The van der Waals surface area contributed by atoms with Gasteiger partial charge in [-0.25, -0.2) is 37.5 Å². The number of rotatable bonds is 14. The second-order valence-electron chi connectivity index (χ2n) is 14.8. The van der Waals surface area contributed by atoms with Crippen LogP contribution in [0.4, 0.5) is 29.7 Å². The summed E-state index contributed by atoms with van der Waals surface area (Å²) in [5.41, 5.74) is 2.26. The van der Waals surface area contributed by atoms with E-state index >= 15 is 8.78 Å². The molecule has 4 atom stereocenters. The fourth-order valence-electron chi connectivity index (χ4n) is 6.56. The maximum Gasteiger partial charge on any atom is 0.481 e. The van der Waals surface area contributed by atoms with Crippen LogP contribution in [-0.4, -0.2) is 131 Å². The van der Waals surface area contributed by atoms with Gasteiger partial charge in [-0.05, 0) is 59.0 Å². The van der Waals surface area contributed by atoms with E-state index in [2.05, 4.69) is 65.0 Å². The van der Waals surface area contributed by atoms with Gasteiger partial charge in [-0.1, -0.05) is 12.1 Å². The Morgan fingerprint density at radius 1 is 0.676 bits per heavy atom. The molecule has 2 fully saturated rings. The number of aryl methyl sites for hydroxylation is 2. The molecule has 368 valence electrons. The highest BCUT2D eigenvalue weighted by molar-refractivity contribution is 7.61. The lowest BCUT2D eigenvalue weighted by molar-refractivity contribution is 0.0733. The predicted molar refractivity (Wildman–Crippen MR) is 240 cm³/mol. The highest BCUT2D eigenvalue weighted by Crippen LogP contribution is 2.60. The Balaban J connectivity index is 0.000000602. The van der Waals surface area contributed by atoms with Crippen molar-refractivity contribution in [3.8, 4) is 45.3 Å². The first-order valence-corrected chi connectivity index (χ1v) is 23.6. The summed E-state index contributed by atoms with van der Waals surface area (Å²) in [6, 6.07) is 14.4. The fraction of sp³-hybridized carbons (Fsp3) is 0.200. The maximum absolute atomic E-state index is 15.2. The molecule has 0 saturated carbocycles. The summed E-state index contributed by atoms with van der Waals surface area (Å²) in [4.78, 5) is 71.6. The van der Waals surface area contributed by atoms with Crippen LogP contribution in [0.25, 0.3) is 45.3 Å². The first kappa shape index (κ1) is 49.4. The predicted octanol–water partition coefficient (Wildman–Crippen LogP) is 4.89. The third-order valence-electron chi connectivity index (χ3n) is 9.77. The van der Waals surface area contributed by atoms with Crippen LogP contribution in [0.15, 0.2) is 110 Å². The number of tetrazole rings is 2. The van der Waals surface area contributed by atoms with E-state index < -0.39 is 64.9 Å². The topological polar surface area (TPSA) is 332 Å². The Hall–Kier alpha value is -8.04. The van der Waals surface area contributed by atoms with Crippen molar-refractivity contribution >= 4 is 39.2 Å². The van der Waals surface area contributed by atoms with Gasteiger partial charge in [-0.2, -0.15) is 13.9 Å². The summed E-state index contributed by atoms with van der Waals surface area (Å²) in [5.74, 6) is -0.809. The molecule has 8 heterocycles. The maximum atomic E-state index is 15.2. The Kier molecular flexibility index (Phi) is 15.1. The van der Waals surface area contributed by atoms with Crippen LogP contribution in [-0.2, 0) is 46.1 Å². The number of imidazole rings is 2. The number of pyridine rings is 2. The number of aromatic nitrogens is 14. The molecule has 2 aliphatic heterocycles. The summed E-state index contributed by atoms with van der Waals surface area (Å²) < 4.78 is 80.0. The molecule has 71 heavy (non-hydrogen) atoms. The average Bonchev–Trinajstić information content (AvgIpc) is 4.22. The number of hydrogen-bond acceptors (Lipinski definition) is 19. The molecule has 4 N–H and O–H groups in total. The number of aromatic amines is 2. The quantitative estimate of drug-likeness (QED) is 0.105. The van der Waals surface area contributed by atoms with Crippen LogP contribution < -0.4 is 9.80 Å². The molecule has 0 radical (unpaired) electrons. The number of H-pyrrole nitrogens is 2. The van der Waals surface area contributed by atoms with Crippen molar-refractivity contribution in [2.45, 2.75) is 12.2 Å². The summed E-state index contributed by atoms with van der Waals surface area (Å²) in [6.07, 6.45) is 8.81. The highest BCUT2D eigenvalue weighted by Gasteiger charge is 2.41. The van der Waals surface area contributed by atoms with E-state index in [4.69, 9.17) is 18.5 Å². The van der Waals surface area contributed by atoms with Crippen molar-refractivity contribution in [2.75, 3.05) is 36.1 Å². The van der Waals surface area contributed by atoms with Crippen molar-refractivity contribution in [2.24, 2.45) is 14.1 Å². The molecule has 6 aromatic heterocycles. The van der Waals surface area contributed by atoms with Gasteiger partial charge in [0.1, 0.15) is 35.2 Å². The number of anilines is 2. The van der Waals surface area contributed by atoms with Crippen LogP contribution in [0.3, 0.4) is 0 Å². The number of nitrogens with one attached hydrogen (secondary N) is 2. The van der Waals surface area contributed by atoms with Gasteiger partial charge in [0.2, 0.25) is 11.6 Å². The first-order chi connectivity index (χ1) is 34.1. The number of carbonyl (C=O) groups is 2. The van der Waals surface area contributed by atoms with Crippen molar-refractivity contribution in [1.82, 2.24) is 70.3 Å². The van der Waals surface area contributed by atoms with E-state index in [0.29, 0.717) is 22.5 Å². The Morgan fingerprint density at radius 3 is 1.42 bits per heavy atom. The molecule has 0 spiro atoms. The van der Waals surface area contributed by atoms with Crippen molar-refractivity contribution in [3.63, 3.8) is 0 Å². The minimum absolute atomic E-state index is 0.101. The van der Waals surface area contributed by atoms with Gasteiger partial charge >= 0.3 is 27.8 Å². The summed E-state index contributed by atoms with van der Waals surface area (Å²) in [5, 5.41) is 23.4. The SMILES string of the molecule is Cn1nnc(-c2ccc(-c3ccc(N4C[C@H](COP(=O)(O)OP(=O)(O)OC[C@H]5CN(c6ccc(-c7ccc(-c8nnn(C)n8)nc7)c(F)c6)C(=O)O5)OC4=O)cc3F)cn2)n1.c1c[nH]cn1.c1c[nH]cn1. The van der Waals surface area contributed by atoms with E-state index in [-0.39, 0.29) is 47.2 Å². The first-order valence-electron chi connectivity index (χ1n) is 20.6. The number of amides is 2. The number of ether oxygens (including phenoxy) is 2. The van der Waals surface area contributed by atoms with E-state index in [1.165, 1.54) is 46.3 Å². The molecule has 31 heteroatoms. The lowest BCUT2D eigenvalue weighted by Gasteiger charge is -2.18. The van der Waals surface area contributed by atoms with Gasteiger partial charge in [0.05, 0.1) is 64.4 Å². The van der Waals surface area contributed by atoms with Crippen LogP contribution in [0, 0.1) is 11.6 Å². The molecule has 0 bridgehead atoms. The van der Waals surface area contributed by atoms with Gasteiger partial charge in [-0.3, -0.25) is 28.8 Å².